The van der Waals surface area contributed by atoms with E-state index in [0.29, 0.717) is 6.54 Å². The van der Waals surface area contributed by atoms with Crippen molar-refractivity contribution >= 4 is 5.91 Å². The average molecular weight is 186 g/mol. The zero-order valence-corrected chi connectivity index (χ0v) is 8.30. The topological polar surface area (TPSA) is 50.4 Å². The van der Waals surface area contributed by atoms with Gasteiger partial charge in [-0.05, 0) is 26.3 Å². The van der Waals surface area contributed by atoms with Gasteiger partial charge < -0.3 is 15.4 Å². The number of hydrogen-bond acceptors (Lipinski definition) is 3. The Morgan fingerprint density at radius 3 is 3.08 bits per heavy atom. The molecule has 1 fully saturated rings. The molecule has 0 aromatic carbocycles. The maximum Gasteiger partial charge on any atom is 0.237 e. The third-order valence-corrected chi connectivity index (χ3v) is 2.34. The lowest BCUT2D eigenvalue weighted by atomic mass is 10.2. The van der Waals surface area contributed by atoms with Crippen LogP contribution in [0.3, 0.4) is 0 Å². The van der Waals surface area contributed by atoms with Gasteiger partial charge in [-0.1, -0.05) is 0 Å². The first-order chi connectivity index (χ1) is 6.24. The van der Waals surface area contributed by atoms with Crippen molar-refractivity contribution in [1.29, 1.82) is 0 Å². The van der Waals surface area contributed by atoms with Crippen molar-refractivity contribution in [1.82, 2.24) is 10.6 Å². The number of amides is 1. The molecule has 76 valence electrons. The van der Waals surface area contributed by atoms with E-state index in [0.717, 1.165) is 19.4 Å². The van der Waals surface area contributed by atoms with Gasteiger partial charge in [0, 0.05) is 13.7 Å². The highest BCUT2D eigenvalue weighted by atomic mass is 16.5. The summed E-state index contributed by atoms with van der Waals surface area (Å²) in [6, 6.07) is 0.0176. The molecule has 1 rings (SSSR count). The molecule has 2 N–H and O–H groups in total. The largest absolute Gasteiger partial charge is 0.380 e. The van der Waals surface area contributed by atoms with E-state index in [1.165, 1.54) is 0 Å². The first-order valence-electron chi connectivity index (χ1n) is 4.78. The predicted molar refractivity (Wildman–Crippen MR) is 50.5 cm³/mol. The Bertz CT molecular complexity index is 167. The highest BCUT2D eigenvalue weighted by Crippen LogP contribution is 2.04. The second-order valence-corrected chi connectivity index (χ2v) is 3.44. The standard InChI is InChI=1S/C9H18N2O2/c1-7(13-2)6-11-9(12)8-4-3-5-10-8/h7-8,10H,3-6H2,1-2H3,(H,11,12). The lowest BCUT2D eigenvalue weighted by Gasteiger charge is -2.14. The molecule has 1 heterocycles. The number of rotatable bonds is 4. The number of ether oxygens (including phenoxy) is 1. The zero-order chi connectivity index (χ0) is 9.68. The van der Waals surface area contributed by atoms with Gasteiger partial charge in [-0.2, -0.15) is 0 Å². The molecule has 0 aromatic rings. The van der Waals surface area contributed by atoms with Crippen molar-refractivity contribution < 1.29 is 9.53 Å². The maximum atomic E-state index is 11.4. The van der Waals surface area contributed by atoms with Gasteiger partial charge in [0.25, 0.3) is 0 Å². The summed E-state index contributed by atoms with van der Waals surface area (Å²) in [6.07, 6.45) is 2.14. The van der Waals surface area contributed by atoms with Gasteiger partial charge in [-0.25, -0.2) is 0 Å². The Hall–Kier alpha value is -0.610. The summed E-state index contributed by atoms with van der Waals surface area (Å²) in [7, 11) is 1.64. The first kappa shape index (κ1) is 10.5. The van der Waals surface area contributed by atoms with E-state index in [9.17, 15) is 4.79 Å². The average Bonchev–Trinajstić information content (AvgIpc) is 2.66. The van der Waals surface area contributed by atoms with E-state index in [1.807, 2.05) is 6.92 Å². The lowest BCUT2D eigenvalue weighted by Crippen LogP contribution is -2.43. The number of nitrogens with one attached hydrogen (secondary N) is 2. The summed E-state index contributed by atoms with van der Waals surface area (Å²) in [5.74, 6) is 0.0985. The number of carbonyl (C=O) groups excluding carboxylic acids is 1. The summed E-state index contributed by atoms with van der Waals surface area (Å²) in [6.45, 7) is 3.48. The molecule has 0 spiro atoms. The summed E-state index contributed by atoms with van der Waals surface area (Å²) < 4.78 is 5.03. The van der Waals surface area contributed by atoms with Crippen molar-refractivity contribution in [3.8, 4) is 0 Å². The molecule has 1 aliphatic heterocycles. The van der Waals surface area contributed by atoms with Gasteiger partial charge in [0.05, 0.1) is 12.1 Å². The quantitative estimate of drug-likeness (QED) is 0.644. The zero-order valence-electron chi connectivity index (χ0n) is 8.30. The maximum absolute atomic E-state index is 11.4. The second kappa shape index (κ2) is 5.19. The number of carbonyl (C=O) groups is 1. The fourth-order valence-corrected chi connectivity index (χ4v) is 1.36. The molecule has 1 amide bonds. The van der Waals surface area contributed by atoms with Gasteiger partial charge in [0.15, 0.2) is 0 Å². The van der Waals surface area contributed by atoms with Crippen LogP contribution in [0.15, 0.2) is 0 Å². The van der Waals surface area contributed by atoms with Gasteiger partial charge in [-0.3, -0.25) is 4.79 Å². The summed E-state index contributed by atoms with van der Waals surface area (Å²) in [4.78, 5) is 11.4. The SMILES string of the molecule is COC(C)CNC(=O)C1CCCN1. The molecule has 0 saturated carbocycles. The van der Waals surface area contributed by atoms with Gasteiger partial charge in [-0.15, -0.1) is 0 Å². The van der Waals surface area contributed by atoms with Gasteiger partial charge >= 0.3 is 0 Å². The Morgan fingerprint density at radius 1 is 1.77 bits per heavy atom. The third kappa shape index (κ3) is 3.32. The minimum absolute atomic E-state index is 0.0176. The van der Waals surface area contributed by atoms with E-state index in [1.54, 1.807) is 7.11 Å². The van der Waals surface area contributed by atoms with Crippen LogP contribution >= 0.6 is 0 Å². The van der Waals surface area contributed by atoms with E-state index in [-0.39, 0.29) is 18.1 Å². The Morgan fingerprint density at radius 2 is 2.54 bits per heavy atom. The van der Waals surface area contributed by atoms with Crippen LogP contribution in [0, 0.1) is 0 Å². The van der Waals surface area contributed by atoms with E-state index < -0.39 is 0 Å². The van der Waals surface area contributed by atoms with E-state index in [4.69, 9.17) is 4.74 Å². The summed E-state index contributed by atoms with van der Waals surface area (Å²) in [5, 5.41) is 5.99. The Kier molecular flexibility index (Phi) is 4.18. The third-order valence-electron chi connectivity index (χ3n) is 2.34. The van der Waals surface area contributed by atoms with Crippen molar-refractivity contribution in [2.24, 2.45) is 0 Å². The molecule has 0 radical (unpaired) electrons. The Balaban J connectivity index is 2.16. The van der Waals surface area contributed by atoms with Crippen LogP contribution < -0.4 is 10.6 Å². The molecular weight excluding hydrogens is 168 g/mol. The summed E-state index contributed by atoms with van der Waals surface area (Å²) >= 11 is 0. The van der Waals surface area contributed by atoms with Crippen LogP contribution in [0.5, 0.6) is 0 Å². The fraction of sp³-hybridized carbons (Fsp3) is 0.889. The second-order valence-electron chi connectivity index (χ2n) is 3.44. The van der Waals surface area contributed by atoms with E-state index in [2.05, 4.69) is 10.6 Å². The lowest BCUT2D eigenvalue weighted by molar-refractivity contribution is -0.123. The minimum atomic E-state index is 0.0176. The normalized spacial score (nSPS) is 24.3. The van der Waals surface area contributed by atoms with Gasteiger partial charge in [0.1, 0.15) is 0 Å². The molecule has 1 saturated heterocycles. The smallest absolute Gasteiger partial charge is 0.237 e. The first-order valence-corrected chi connectivity index (χ1v) is 4.78. The van der Waals surface area contributed by atoms with Crippen LogP contribution in [-0.4, -0.2) is 38.3 Å². The molecule has 1 aliphatic rings. The predicted octanol–water partition coefficient (Wildman–Crippen LogP) is -0.110. The van der Waals surface area contributed by atoms with Gasteiger partial charge in [0.2, 0.25) is 5.91 Å². The molecule has 13 heavy (non-hydrogen) atoms. The van der Waals surface area contributed by atoms with Crippen molar-refractivity contribution in [2.75, 3.05) is 20.2 Å². The monoisotopic (exact) mass is 186 g/mol. The van der Waals surface area contributed by atoms with Crippen LogP contribution in [0.2, 0.25) is 0 Å². The highest BCUT2D eigenvalue weighted by Gasteiger charge is 2.21. The number of methoxy groups -OCH3 is 1. The highest BCUT2D eigenvalue weighted by molar-refractivity contribution is 5.81. The fourth-order valence-electron chi connectivity index (χ4n) is 1.36. The molecule has 0 aromatic heterocycles. The molecule has 0 aliphatic carbocycles. The van der Waals surface area contributed by atoms with E-state index >= 15 is 0 Å². The van der Waals surface area contributed by atoms with Crippen LogP contribution in [-0.2, 0) is 9.53 Å². The molecular formula is C9H18N2O2. The molecule has 0 bridgehead atoms. The Labute approximate surface area is 79.0 Å². The van der Waals surface area contributed by atoms with Crippen LogP contribution in [0.4, 0.5) is 0 Å². The molecule has 2 unspecified atom stereocenters. The van der Waals surface area contributed by atoms with Crippen molar-refractivity contribution in [3.05, 3.63) is 0 Å². The van der Waals surface area contributed by atoms with Crippen molar-refractivity contribution in [2.45, 2.75) is 31.9 Å². The molecule has 2 atom stereocenters. The minimum Gasteiger partial charge on any atom is -0.380 e. The molecule has 4 heteroatoms. The number of hydrogen-bond donors (Lipinski definition) is 2. The summed E-state index contributed by atoms with van der Waals surface area (Å²) in [5.41, 5.74) is 0. The van der Waals surface area contributed by atoms with Crippen LogP contribution in [0.25, 0.3) is 0 Å². The molecule has 4 nitrogen and oxygen atoms in total. The van der Waals surface area contributed by atoms with Crippen molar-refractivity contribution in [3.63, 3.8) is 0 Å². The van der Waals surface area contributed by atoms with Crippen LogP contribution in [0.1, 0.15) is 19.8 Å².